The Hall–Kier alpha value is -0.680. The molecule has 0 aliphatic carbocycles. The van der Waals surface area contributed by atoms with Gasteiger partial charge in [-0.2, -0.15) is 13.2 Å². The van der Waals surface area contributed by atoms with Gasteiger partial charge in [-0.05, 0) is 24.5 Å². The Bertz CT molecular complexity index is 367. The van der Waals surface area contributed by atoms with Gasteiger partial charge in [0.1, 0.15) is 0 Å². The molecule has 2 N–H and O–H groups in total. The first-order valence-electron chi connectivity index (χ1n) is 5.52. The molecule has 0 fully saturated rings. The van der Waals surface area contributed by atoms with Gasteiger partial charge in [0.15, 0.2) is 0 Å². The summed E-state index contributed by atoms with van der Waals surface area (Å²) in [4.78, 5) is 1.15. The third-order valence-corrected chi connectivity index (χ3v) is 4.38. The first kappa shape index (κ1) is 12.8. The second kappa shape index (κ2) is 4.90. The summed E-state index contributed by atoms with van der Waals surface area (Å²) in [5, 5.41) is 0.0785. The predicted octanol–water partition coefficient (Wildman–Crippen LogP) is 3.37. The summed E-state index contributed by atoms with van der Waals surface area (Å²) >= 11 is 1.60. The number of alkyl halides is 3. The van der Waals surface area contributed by atoms with Gasteiger partial charge in [0, 0.05) is 22.6 Å². The van der Waals surface area contributed by atoms with Crippen molar-refractivity contribution in [1.29, 1.82) is 0 Å². The Labute approximate surface area is 103 Å². The number of hydrogen-bond donors (Lipinski definition) is 1. The van der Waals surface area contributed by atoms with E-state index in [1.807, 2.05) is 24.3 Å². The molecule has 0 saturated carbocycles. The summed E-state index contributed by atoms with van der Waals surface area (Å²) in [6, 6.07) is 7.50. The molecule has 0 bridgehead atoms. The van der Waals surface area contributed by atoms with E-state index in [0.717, 1.165) is 11.3 Å². The van der Waals surface area contributed by atoms with Gasteiger partial charge in [-0.1, -0.05) is 18.2 Å². The van der Waals surface area contributed by atoms with Crippen LogP contribution in [0.15, 0.2) is 29.2 Å². The molecule has 1 aliphatic heterocycles. The minimum atomic E-state index is -4.10. The minimum absolute atomic E-state index is 0.00908. The van der Waals surface area contributed by atoms with E-state index in [1.54, 1.807) is 11.8 Å². The van der Waals surface area contributed by atoms with Crippen LogP contribution in [0.25, 0.3) is 0 Å². The smallest absolute Gasteiger partial charge is 0.327 e. The average molecular weight is 261 g/mol. The molecular weight excluding hydrogens is 247 g/mol. The highest BCUT2D eigenvalue weighted by Crippen LogP contribution is 2.39. The SMILES string of the molecule is NC(CCC(F)(F)F)C1Cc2ccccc2S1. The summed E-state index contributed by atoms with van der Waals surface area (Å²) in [6.45, 7) is 0. The van der Waals surface area contributed by atoms with Gasteiger partial charge in [0.05, 0.1) is 0 Å². The van der Waals surface area contributed by atoms with Crippen molar-refractivity contribution >= 4 is 11.8 Å². The van der Waals surface area contributed by atoms with Gasteiger partial charge in [-0.15, -0.1) is 11.8 Å². The molecule has 1 heterocycles. The lowest BCUT2D eigenvalue weighted by molar-refractivity contribution is -0.136. The Morgan fingerprint density at radius 3 is 2.71 bits per heavy atom. The molecule has 2 atom stereocenters. The average Bonchev–Trinajstić information content (AvgIpc) is 2.68. The first-order chi connectivity index (χ1) is 7.96. The van der Waals surface area contributed by atoms with Gasteiger partial charge in [0.25, 0.3) is 0 Å². The van der Waals surface area contributed by atoms with E-state index >= 15 is 0 Å². The Kier molecular flexibility index (Phi) is 3.68. The minimum Gasteiger partial charge on any atom is -0.327 e. The van der Waals surface area contributed by atoms with Gasteiger partial charge in [-0.3, -0.25) is 0 Å². The fourth-order valence-corrected chi connectivity index (χ4v) is 3.32. The van der Waals surface area contributed by atoms with Crippen LogP contribution in [-0.2, 0) is 6.42 Å². The van der Waals surface area contributed by atoms with Crippen LogP contribution < -0.4 is 5.73 Å². The first-order valence-corrected chi connectivity index (χ1v) is 6.40. The number of benzene rings is 1. The molecule has 0 amide bonds. The van der Waals surface area contributed by atoms with Crippen molar-refractivity contribution in [1.82, 2.24) is 0 Å². The number of fused-ring (bicyclic) bond motifs is 1. The molecule has 94 valence electrons. The van der Waals surface area contributed by atoms with Gasteiger partial charge < -0.3 is 5.73 Å². The molecule has 17 heavy (non-hydrogen) atoms. The highest BCUT2D eigenvalue weighted by Gasteiger charge is 2.32. The molecule has 0 aromatic heterocycles. The molecule has 5 heteroatoms. The van der Waals surface area contributed by atoms with Crippen LogP contribution in [0.4, 0.5) is 13.2 Å². The third-order valence-electron chi connectivity index (χ3n) is 2.91. The highest BCUT2D eigenvalue weighted by atomic mass is 32.2. The van der Waals surface area contributed by atoms with Crippen LogP contribution >= 0.6 is 11.8 Å². The van der Waals surface area contributed by atoms with E-state index in [2.05, 4.69) is 0 Å². The maximum Gasteiger partial charge on any atom is 0.389 e. The molecular formula is C12H14F3NS. The zero-order valence-corrected chi connectivity index (χ0v) is 10.0. The Morgan fingerprint density at radius 2 is 2.06 bits per heavy atom. The van der Waals surface area contributed by atoms with E-state index in [0.29, 0.717) is 0 Å². The molecule has 0 saturated heterocycles. The third kappa shape index (κ3) is 3.39. The van der Waals surface area contributed by atoms with Crippen LogP contribution in [0.2, 0.25) is 0 Å². The summed E-state index contributed by atoms with van der Waals surface area (Å²) in [5.74, 6) is 0. The van der Waals surface area contributed by atoms with Gasteiger partial charge in [-0.25, -0.2) is 0 Å². The Morgan fingerprint density at radius 1 is 1.35 bits per heavy atom. The number of halogens is 3. The summed E-state index contributed by atoms with van der Waals surface area (Å²) in [7, 11) is 0. The topological polar surface area (TPSA) is 26.0 Å². The van der Waals surface area contributed by atoms with E-state index in [1.165, 1.54) is 5.56 Å². The molecule has 1 nitrogen and oxygen atoms in total. The second-order valence-corrected chi connectivity index (χ2v) is 5.57. The number of rotatable bonds is 3. The largest absolute Gasteiger partial charge is 0.389 e. The van der Waals surface area contributed by atoms with E-state index in [4.69, 9.17) is 5.73 Å². The van der Waals surface area contributed by atoms with Crippen LogP contribution in [0, 0.1) is 0 Å². The van der Waals surface area contributed by atoms with Crippen molar-refractivity contribution in [3.05, 3.63) is 29.8 Å². The summed E-state index contributed by atoms with van der Waals surface area (Å²) < 4.78 is 36.3. The van der Waals surface area contributed by atoms with E-state index < -0.39 is 18.6 Å². The standard InChI is InChI=1S/C12H14F3NS/c13-12(14,15)6-5-9(16)11-7-8-3-1-2-4-10(8)17-11/h1-4,9,11H,5-7,16H2. The molecule has 1 aliphatic rings. The van der Waals surface area contributed by atoms with Crippen molar-refractivity contribution in [3.63, 3.8) is 0 Å². The lowest BCUT2D eigenvalue weighted by Crippen LogP contribution is -2.33. The van der Waals surface area contributed by atoms with Gasteiger partial charge in [0.2, 0.25) is 0 Å². The van der Waals surface area contributed by atoms with Crippen LogP contribution in [0.1, 0.15) is 18.4 Å². The predicted molar refractivity (Wildman–Crippen MR) is 63.1 cm³/mol. The lowest BCUT2D eigenvalue weighted by Gasteiger charge is -2.18. The normalized spacial score (nSPS) is 21.3. The van der Waals surface area contributed by atoms with Crippen molar-refractivity contribution in [2.45, 2.75) is 41.6 Å². The van der Waals surface area contributed by atoms with Crippen LogP contribution in [0.3, 0.4) is 0 Å². The van der Waals surface area contributed by atoms with Crippen LogP contribution in [-0.4, -0.2) is 17.5 Å². The van der Waals surface area contributed by atoms with Crippen molar-refractivity contribution in [2.75, 3.05) is 0 Å². The maximum absolute atomic E-state index is 12.1. The number of hydrogen-bond acceptors (Lipinski definition) is 2. The fraction of sp³-hybridized carbons (Fsp3) is 0.500. The Balaban J connectivity index is 1.90. The van der Waals surface area contributed by atoms with Crippen molar-refractivity contribution < 1.29 is 13.2 Å². The highest BCUT2D eigenvalue weighted by molar-refractivity contribution is 8.00. The van der Waals surface area contributed by atoms with E-state index in [-0.39, 0.29) is 11.7 Å². The molecule has 0 radical (unpaired) electrons. The zero-order valence-electron chi connectivity index (χ0n) is 9.20. The van der Waals surface area contributed by atoms with Crippen molar-refractivity contribution in [3.8, 4) is 0 Å². The summed E-state index contributed by atoms with van der Waals surface area (Å²) in [5.41, 5.74) is 7.04. The molecule has 1 aromatic carbocycles. The van der Waals surface area contributed by atoms with Gasteiger partial charge >= 0.3 is 6.18 Å². The van der Waals surface area contributed by atoms with Crippen molar-refractivity contribution in [2.24, 2.45) is 5.73 Å². The molecule has 2 unspecified atom stereocenters. The summed E-state index contributed by atoms with van der Waals surface area (Å²) in [6.07, 6.45) is -4.11. The quantitative estimate of drug-likeness (QED) is 0.902. The second-order valence-electron chi connectivity index (χ2n) is 4.29. The van der Waals surface area contributed by atoms with E-state index in [9.17, 15) is 13.2 Å². The number of nitrogens with two attached hydrogens (primary N) is 1. The molecule has 1 aromatic rings. The van der Waals surface area contributed by atoms with Crippen LogP contribution in [0.5, 0.6) is 0 Å². The lowest BCUT2D eigenvalue weighted by atomic mass is 10.0. The zero-order chi connectivity index (χ0) is 12.5. The fourth-order valence-electron chi connectivity index (χ4n) is 1.96. The maximum atomic E-state index is 12.1. The molecule has 0 spiro atoms. The number of thioether (sulfide) groups is 1. The molecule has 2 rings (SSSR count). The monoisotopic (exact) mass is 261 g/mol.